The predicted molar refractivity (Wildman–Crippen MR) is 106 cm³/mol. The molecule has 0 unspecified atom stereocenters. The molecule has 0 saturated carbocycles. The SMILES string of the molecule is CNC(=O)CCC(=O)N1Cc2ccccc2-c2nnn(C)c2-c2ccccc21. The number of aryl methyl sites for hydroxylation is 1. The maximum atomic E-state index is 13.1. The second-order valence-electron chi connectivity index (χ2n) is 6.74. The Morgan fingerprint density at radius 2 is 1.75 bits per heavy atom. The van der Waals surface area contributed by atoms with Crippen molar-refractivity contribution in [3.8, 4) is 22.5 Å². The first-order chi connectivity index (χ1) is 13.6. The summed E-state index contributed by atoms with van der Waals surface area (Å²) in [6.07, 6.45) is 0.306. The van der Waals surface area contributed by atoms with Crippen LogP contribution in [0.4, 0.5) is 5.69 Å². The lowest BCUT2D eigenvalue weighted by molar-refractivity contribution is -0.125. The van der Waals surface area contributed by atoms with Gasteiger partial charge in [-0.15, -0.1) is 5.10 Å². The number of carbonyl (C=O) groups is 2. The number of benzene rings is 2. The van der Waals surface area contributed by atoms with E-state index in [0.717, 1.165) is 33.8 Å². The monoisotopic (exact) mass is 375 g/mol. The Labute approximate surface area is 163 Å². The van der Waals surface area contributed by atoms with E-state index in [1.807, 2.05) is 55.6 Å². The third-order valence-corrected chi connectivity index (χ3v) is 5.02. The zero-order valence-electron chi connectivity index (χ0n) is 15.8. The Morgan fingerprint density at radius 3 is 2.54 bits per heavy atom. The van der Waals surface area contributed by atoms with Crippen molar-refractivity contribution < 1.29 is 9.59 Å². The molecule has 142 valence electrons. The van der Waals surface area contributed by atoms with Crippen molar-refractivity contribution >= 4 is 17.5 Å². The first-order valence-corrected chi connectivity index (χ1v) is 9.18. The Morgan fingerprint density at radius 1 is 1.04 bits per heavy atom. The van der Waals surface area contributed by atoms with Crippen LogP contribution in [-0.4, -0.2) is 33.9 Å². The van der Waals surface area contributed by atoms with Crippen LogP contribution in [0.25, 0.3) is 22.5 Å². The van der Waals surface area contributed by atoms with Crippen molar-refractivity contribution in [1.29, 1.82) is 0 Å². The number of fused-ring (bicyclic) bond motifs is 5. The summed E-state index contributed by atoms with van der Waals surface area (Å²) in [7, 11) is 3.43. The lowest BCUT2D eigenvalue weighted by atomic mass is 9.95. The van der Waals surface area contributed by atoms with Gasteiger partial charge in [-0.2, -0.15) is 0 Å². The molecular formula is C21H21N5O2. The second kappa shape index (κ2) is 7.26. The van der Waals surface area contributed by atoms with E-state index in [0.29, 0.717) is 6.54 Å². The van der Waals surface area contributed by atoms with Crippen LogP contribution in [0.5, 0.6) is 0 Å². The topological polar surface area (TPSA) is 80.1 Å². The molecule has 0 bridgehead atoms. The smallest absolute Gasteiger partial charge is 0.227 e. The summed E-state index contributed by atoms with van der Waals surface area (Å²) < 4.78 is 1.74. The number of rotatable bonds is 3. The molecule has 7 nitrogen and oxygen atoms in total. The van der Waals surface area contributed by atoms with Crippen LogP contribution in [0.2, 0.25) is 0 Å². The molecule has 1 aliphatic heterocycles. The van der Waals surface area contributed by atoms with E-state index in [2.05, 4.69) is 15.6 Å². The number of amides is 2. The zero-order valence-corrected chi connectivity index (χ0v) is 15.8. The molecule has 3 aromatic rings. The van der Waals surface area contributed by atoms with E-state index < -0.39 is 0 Å². The number of nitrogens with zero attached hydrogens (tertiary/aromatic N) is 4. The number of aromatic nitrogens is 3. The second-order valence-corrected chi connectivity index (χ2v) is 6.74. The summed E-state index contributed by atoms with van der Waals surface area (Å²) in [6, 6.07) is 15.7. The van der Waals surface area contributed by atoms with Crippen LogP contribution < -0.4 is 10.2 Å². The normalized spacial score (nSPS) is 12.3. The van der Waals surface area contributed by atoms with Gasteiger partial charge in [0.25, 0.3) is 0 Å². The summed E-state index contributed by atoms with van der Waals surface area (Å²) in [6.45, 7) is 0.412. The third-order valence-electron chi connectivity index (χ3n) is 5.02. The van der Waals surface area contributed by atoms with Gasteiger partial charge in [0.15, 0.2) is 0 Å². The molecule has 1 aliphatic rings. The lowest BCUT2D eigenvalue weighted by Gasteiger charge is -2.28. The van der Waals surface area contributed by atoms with Gasteiger partial charge in [-0.25, -0.2) is 4.68 Å². The molecule has 7 heteroatoms. The van der Waals surface area contributed by atoms with Crippen LogP contribution in [-0.2, 0) is 23.2 Å². The molecule has 0 saturated heterocycles. The summed E-state index contributed by atoms with van der Waals surface area (Å²) in [5.41, 5.74) is 5.32. The van der Waals surface area contributed by atoms with Gasteiger partial charge < -0.3 is 10.2 Å². The quantitative estimate of drug-likeness (QED) is 0.763. The van der Waals surface area contributed by atoms with Gasteiger partial charge in [0.2, 0.25) is 11.8 Å². The molecule has 0 aliphatic carbocycles. The minimum Gasteiger partial charge on any atom is -0.359 e. The van der Waals surface area contributed by atoms with Gasteiger partial charge in [-0.05, 0) is 11.6 Å². The summed E-state index contributed by atoms with van der Waals surface area (Å²) >= 11 is 0. The average molecular weight is 375 g/mol. The maximum Gasteiger partial charge on any atom is 0.227 e. The Kier molecular flexibility index (Phi) is 4.65. The number of hydrogen-bond acceptors (Lipinski definition) is 4. The van der Waals surface area contributed by atoms with E-state index in [-0.39, 0.29) is 24.7 Å². The highest BCUT2D eigenvalue weighted by Gasteiger charge is 2.28. The first-order valence-electron chi connectivity index (χ1n) is 9.18. The number of carbonyl (C=O) groups excluding carboxylic acids is 2. The van der Waals surface area contributed by atoms with Gasteiger partial charge >= 0.3 is 0 Å². The number of hydrogen-bond donors (Lipinski definition) is 1. The molecule has 0 radical (unpaired) electrons. The van der Waals surface area contributed by atoms with Crippen molar-refractivity contribution in [3.63, 3.8) is 0 Å². The fourth-order valence-corrected chi connectivity index (χ4v) is 3.60. The molecule has 0 fully saturated rings. The highest BCUT2D eigenvalue weighted by atomic mass is 16.2. The van der Waals surface area contributed by atoms with E-state index >= 15 is 0 Å². The van der Waals surface area contributed by atoms with Crippen molar-refractivity contribution in [2.45, 2.75) is 19.4 Å². The van der Waals surface area contributed by atoms with E-state index in [4.69, 9.17) is 0 Å². The van der Waals surface area contributed by atoms with Crippen LogP contribution in [0.3, 0.4) is 0 Å². The molecule has 0 atom stereocenters. The van der Waals surface area contributed by atoms with E-state index in [1.54, 1.807) is 16.6 Å². The third kappa shape index (κ3) is 3.05. The van der Waals surface area contributed by atoms with E-state index in [1.165, 1.54) is 0 Å². The van der Waals surface area contributed by atoms with Gasteiger partial charge in [-0.3, -0.25) is 9.59 Å². The average Bonchev–Trinajstić information content (AvgIpc) is 3.09. The van der Waals surface area contributed by atoms with Gasteiger partial charge in [-0.1, -0.05) is 47.7 Å². The van der Waals surface area contributed by atoms with Crippen molar-refractivity contribution in [3.05, 3.63) is 54.1 Å². The molecule has 1 aromatic heterocycles. The molecule has 2 amide bonds. The fourth-order valence-electron chi connectivity index (χ4n) is 3.60. The van der Waals surface area contributed by atoms with Crippen molar-refractivity contribution in [2.24, 2.45) is 7.05 Å². The highest BCUT2D eigenvalue weighted by Crippen LogP contribution is 2.40. The van der Waals surface area contributed by atoms with Gasteiger partial charge in [0.05, 0.1) is 17.9 Å². The minimum atomic E-state index is -0.146. The Bertz CT molecular complexity index is 1060. The largest absolute Gasteiger partial charge is 0.359 e. The van der Waals surface area contributed by atoms with Gasteiger partial charge in [0.1, 0.15) is 5.69 Å². The van der Waals surface area contributed by atoms with Crippen molar-refractivity contribution in [1.82, 2.24) is 20.3 Å². The summed E-state index contributed by atoms with van der Waals surface area (Å²) in [5.74, 6) is -0.239. The Balaban J connectivity index is 1.87. The Hall–Kier alpha value is -3.48. The summed E-state index contributed by atoms with van der Waals surface area (Å²) in [5, 5.41) is 11.2. The molecule has 2 heterocycles. The zero-order chi connectivity index (χ0) is 19.7. The standard InChI is InChI=1S/C21H21N5O2/c1-22-18(27)11-12-19(28)26-13-14-7-3-4-8-15(14)20-21(25(2)24-23-20)16-9-5-6-10-17(16)26/h3-10H,11-13H2,1-2H3,(H,22,27). The van der Waals surface area contributed by atoms with Crippen LogP contribution in [0.15, 0.2) is 48.5 Å². The highest BCUT2D eigenvalue weighted by molar-refractivity contribution is 6.01. The van der Waals surface area contributed by atoms with Crippen LogP contribution >= 0.6 is 0 Å². The van der Waals surface area contributed by atoms with Crippen LogP contribution in [0.1, 0.15) is 18.4 Å². The molecule has 4 rings (SSSR count). The molecule has 1 N–H and O–H groups in total. The number of para-hydroxylation sites is 1. The molecule has 2 aromatic carbocycles. The number of nitrogens with one attached hydrogen (secondary N) is 1. The maximum absolute atomic E-state index is 13.1. The number of anilines is 1. The van der Waals surface area contributed by atoms with E-state index in [9.17, 15) is 9.59 Å². The molecule has 28 heavy (non-hydrogen) atoms. The summed E-state index contributed by atoms with van der Waals surface area (Å²) in [4.78, 5) is 26.5. The van der Waals surface area contributed by atoms with Crippen LogP contribution in [0, 0.1) is 0 Å². The fraction of sp³-hybridized carbons (Fsp3) is 0.238. The first kappa shape index (κ1) is 17.9. The minimum absolute atomic E-state index is 0.0931. The van der Waals surface area contributed by atoms with Gasteiger partial charge in [0, 0.05) is 38.1 Å². The predicted octanol–water partition coefficient (Wildman–Crippen LogP) is 2.52. The molecular weight excluding hydrogens is 354 g/mol. The molecule has 0 spiro atoms. The lowest BCUT2D eigenvalue weighted by Crippen LogP contribution is -2.32. The van der Waals surface area contributed by atoms with Crippen molar-refractivity contribution in [2.75, 3.05) is 11.9 Å².